The second-order valence-electron chi connectivity index (χ2n) is 3.79. The lowest BCUT2D eigenvalue weighted by atomic mass is 9.78. The summed E-state index contributed by atoms with van der Waals surface area (Å²) in [6.07, 6.45) is 3.16. The molecular formula is C8H18N2O3S. The van der Waals surface area contributed by atoms with Crippen molar-refractivity contribution in [2.75, 3.05) is 13.2 Å². The summed E-state index contributed by atoms with van der Waals surface area (Å²) < 4.78 is 27.8. The van der Waals surface area contributed by atoms with Gasteiger partial charge in [-0.15, -0.1) is 0 Å². The van der Waals surface area contributed by atoms with Crippen LogP contribution in [-0.2, 0) is 10.2 Å². The summed E-state index contributed by atoms with van der Waals surface area (Å²) in [6, 6.07) is 0. The van der Waals surface area contributed by atoms with Crippen molar-refractivity contribution >= 4 is 10.2 Å². The second-order valence-corrected chi connectivity index (χ2v) is 5.29. The van der Waals surface area contributed by atoms with Crippen molar-refractivity contribution in [1.29, 1.82) is 0 Å². The Balaban J connectivity index is 2.49. The monoisotopic (exact) mass is 222 g/mol. The van der Waals surface area contributed by atoms with Crippen LogP contribution >= 0.6 is 0 Å². The van der Waals surface area contributed by atoms with E-state index in [0.29, 0.717) is 6.54 Å². The van der Waals surface area contributed by atoms with Crippen LogP contribution in [0.15, 0.2) is 0 Å². The summed E-state index contributed by atoms with van der Waals surface area (Å²) >= 11 is 0. The van der Waals surface area contributed by atoms with Crippen LogP contribution in [0.2, 0.25) is 0 Å². The van der Waals surface area contributed by atoms with Crippen molar-refractivity contribution in [2.24, 2.45) is 0 Å². The zero-order chi connectivity index (χ0) is 10.7. The molecule has 0 atom stereocenters. The minimum absolute atomic E-state index is 0.125. The Bertz CT molecular complexity index is 267. The average Bonchev–Trinajstić information content (AvgIpc) is 2.08. The number of aliphatic hydroxyl groups excluding tert-OH is 1. The highest BCUT2D eigenvalue weighted by molar-refractivity contribution is 7.87. The molecule has 3 N–H and O–H groups in total. The van der Waals surface area contributed by atoms with Gasteiger partial charge in [0, 0.05) is 6.54 Å². The van der Waals surface area contributed by atoms with Gasteiger partial charge in [-0.1, -0.05) is 6.92 Å². The maximum atomic E-state index is 11.4. The van der Waals surface area contributed by atoms with Gasteiger partial charge in [0.25, 0.3) is 10.2 Å². The minimum atomic E-state index is -3.43. The number of hydrogen-bond acceptors (Lipinski definition) is 3. The molecule has 0 aliphatic heterocycles. The molecular weight excluding hydrogens is 204 g/mol. The van der Waals surface area contributed by atoms with Gasteiger partial charge in [-0.05, 0) is 25.7 Å². The van der Waals surface area contributed by atoms with Crippen molar-refractivity contribution in [3.05, 3.63) is 0 Å². The maximum Gasteiger partial charge on any atom is 0.277 e. The highest BCUT2D eigenvalue weighted by atomic mass is 32.2. The zero-order valence-electron chi connectivity index (χ0n) is 8.41. The molecule has 1 aliphatic rings. The lowest BCUT2D eigenvalue weighted by Gasteiger charge is -2.40. The summed E-state index contributed by atoms with van der Waals surface area (Å²) in [6.45, 7) is 2.20. The van der Waals surface area contributed by atoms with E-state index in [1.165, 1.54) is 0 Å². The Kier molecular flexibility index (Phi) is 3.88. The Labute approximate surface area is 85.1 Å². The van der Waals surface area contributed by atoms with Crippen LogP contribution in [0.25, 0.3) is 0 Å². The molecule has 0 bridgehead atoms. The normalized spacial score (nSPS) is 20.4. The third-order valence-corrected chi connectivity index (χ3v) is 3.79. The predicted molar refractivity (Wildman–Crippen MR) is 54.0 cm³/mol. The fourth-order valence-electron chi connectivity index (χ4n) is 1.45. The van der Waals surface area contributed by atoms with Gasteiger partial charge in [0.05, 0.1) is 12.1 Å². The Morgan fingerprint density at radius 3 is 2.43 bits per heavy atom. The molecule has 14 heavy (non-hydrogen) atoms. The second kappa shape index (κ2) is 4.57. The van der Waals surface area contributed by atoms with Gasteiger partial charge >= 0.3 is 0 Å². The first-order valence-electron chi connectivity index (χ1n) is 4.93. The maximum absolute atomic E-state index is 11.4. The topological polar surface area (TPSA) is 78.4 Å². The Hall–Kier alpha value is -0.170. The van der Waals surface area contributed by atoms with Crippen LogP contribution in [-0.4, -0.2) is 32.2 Å². The SMILES string of the molecule is CCCNS(=O)(=O)NC1(CO)CCC1. The fourth-order valence-corrected chi connectivity index (χ4v) is 2.84. The van der Waals surface area contributed by atoms with Crippen LogP contribution < -0.4 is 9.44 Å². The smallest absolute Gasteiger partial charge is 0.277 e. The van der Waals surface area contributed by atoms with Gasteiger partial charge in [-0.25, -0.2) is 4.72 Å². The molecule has 1 saturated carbocycles. The summed E-state index contributed by atoms with van der Waals surface area (Å²) in [7, 11) is -3.43. The van der Waals surface area contributed by atoms with Crippen LogP contribution in [0, 0.1) is 0 Å². The van der Waals surface area contributed by atoms with Crippen LogP contribution in [0.1, 0.15) is 32.6 Å². The van der Waals surface area contributed by atoms with Crippen LogP contribution in [0.4, 0.5) is 0 Å². The van der Waals surface area contributed by atoms with Gasteiger partial charge in [-0.2, -0.15) is 13.1 Å². The summed E-state index contributed by atoms with van der Waals surface area (Å²) in [4.78, 5) is 0. The van der Waals surface area contributed by atoms with E-state index in [2.05, 4.69) is 9.44 Å². The van der Waals surface area contributed by atoms with Gasteiger partial charge in [0.2, 0.25) is 0 Å². The van der Waals surface area contributed by atoms with E-state index in [4.69, 9.17) is 5.11 Å². The van der Waals surface area contributed by atoms with E-state index < -0.39 is 15.7 Å². The van der Waals surface area contributed by atoms with E-state index in [9.17, 15) is 8.42 Å². The number of nitrogens with one attached hydrogen (secondary N) is 2. The fraction of sp³-hybridized carbons (Fsp3) is 1.00. The third-order valence-electron chi connectivity index (χ3n) is 2.51. The largest absolute Gasteiger partial charge is 0.394 e. The van der Waals surface area contributed by atoms with Crippen molar-refractivity contribution < 1.29 is 13.5 Å². The molecule has 0 spiro atoms. The van der Waals surface area contributed by atoms with Gasteiger partial charge in [0.1, 0.15) is 0 Å². The highest BCUT2D eigenvalue weighted by Crippen LogP contribution is 2.31. The molecule has 0 unspecified atom stereocenters. The molecule has 1 rings (SSSR count). The number of rotatable bonds is 6. The lowest BCUT2D eigenvalue weighted by molar-refractivity contribution is 0.110. The molecule has 0 saturated heterocycles. The van der Waals surface area contributed by atoms with Gasteiger partial charge in [0.15, 0.2) is 0 Å². The first-order valence-corrected chi connectivity index (χ1v) is 6.41. The quantitative estimate of drug-likeness (QED) is 0.579. The summed E-state index contributed by atoms with van der Waals surface area (Å²) in [5.74, 6) is 0. The predicted octanol–water partition coefficient (Wildman–Crippen LogP) is -0.265. The molecule has 0 aromatic rings. The van der Waals surface area contributed by atoms with Crippen LogP contribution in [0.3, 0.4) is 0 Å². The Morgan fingerprint density at radius 2 is 2.07 bits per heavy atom. The lowest BCUT2D eigenvalue weighted by Crippen LogP contribution is -2.58. The molecule has 0 amide bonds. The summed E-state index contributed by atoms with van der Waals surface area (Å²) in [5.41, 5.74) is -0.598. The van der Waals surface area contributed by atoms with E-state index in [1.807, 2.05) is 6.92 Å². The van der Waals surface area contributed by atoms with E-state index in [0.717, 1.165) is 25.7 Å². The van der Waals surface area contributed by atoms with E-state index in [1.54, 1.807) is 0 Å². The van der Waals surface area contributed by atoms with Crippen molar-refractivity contribution in [1.82, 2.24) is 9.44 Å². The van der Waals surface area contributed by atoms with Crippen molar-refractivity contribution in [3.63, 3.8) is 0 Å². The van der Waals surface area contributed by atoms with E-state index >= 15 is 0 Å². The highest BCUT2D eigenvalue weighted by Gasteiger charge is 2.39. The number of aliphatic hydroxyl groups is 1. The van der Waals surface area contributed by atoms with Gasteiger partial charge in [-0.3, -0.25) is 0 Å². The Morgan fingerprint density at radius 1 is 1.43 bits per heavy atom. The van der Waals surface area contributed by atoms with Crippen molar-refractivity contribution in [3.8, 4) is 0 Å². The third kappa shape index (κ3) is 2.91. The first-order chi connectivity index (χ1) is 6.54. The molecule has 5 nitrogen and oxygen atoms in total. The van der Waals surface area contributed by atoms with Crippen LogP contribution in [0.5, 0.6) is 0 Å². The van der Waals surface area contributed by atoms with Gasteiger partial charge < -0.3 is 5.11 Å². The molecule has 1 fully saturated rings. The van der Waals surface area contributed by atoms with E-state index in [-0.39, 0.29) is 6.61 Å². The molecule has 0 aromatic carbocycles. The molecule has 0 radical (unpaired) electrons. The molecule has 1 aliphatic carbocycles. The molecule has 6 heteroatoms. The van der Waals surface area contributed by atoms with Crippen molar-refractivity contribution in [2.45, 2.75) is 38.1 Å². The standard InChI is InChI=1S/C8H18N2O3S/c1-2-6-9-14(12,13)10-8(7-11)4-3-5-8/h9-11H,2-7H2,1H3. The minimum Gasteiger partial charge on any atom is -0.394 e. The first kappa shape index (κ1) is 11.9. The average molecular weight is 222 g/mol. The number of hydrogen-bond donors (Lipinski definition) is 3. The zero-order valence-corrected chi connectivity index (χ0v) is 9.23. The summed E-state index contributed by atoms with van der Waals surface area (Å²) in [5, 5.41) is 9.07. The molecule has 0 heterocycles. The molecule has 84 valence electrons. The molecule has 0 aromatic heterocycles.